The van der Waals surface area contributed by atoms with Crippen molar-refractivity contribution in [1.29, 1.82) is 0 Å². The first-order valence-electron chi connectivity index (χ1n) is 4.30. The minimum atomic E-state index is -4.30. The SMILES string of the molecule is CC(C)(C)c1cc[c]c(C(F)(F)F)c1. The second-order valence-corrected chi connectivity index (χ2v) is 4.24. The maximum atomic E-state index is 12.3. The van der Waals surface area contributed by atoms with Crippen molar-refractivity contribution in [2.45, 2.75) is 32.4 Å². The molecule has 0 aromatic heterocycles. The number of benzene rings is 1. The van der Waals surface area contributed by atoms with E-state index in [-0.39, 0.29) is 5.41 Å². The molecule has 0 bridgehead atoms. The zero-order chi connectivity index (χ0) is 11.0. The second-order valence-electron chi connectivity index (χ2n) is 4.24. The lowest BCUT2D eigenvalue weighted by Crippen LogP contribution is -2.13. The molecule has 0 heterocycles. The van der Waals surface area contributed by atoms with E-state index in [9.17, 15) is 13.2 Å². The minimum absolute atomic E-state index is 0.269. The van der Waals surface area contributed by atoms with Gasteiger partial charge in [0.2, 0.25) is 0 Å². The molecule has 0 aliphatic rings. The van der Waals surface area contributed by atoms with E-state index in [1.165, 1.54) is 6.07 Å². The van der Waals surface area contributed by atoms with Crippen LogP contribution in [0, 0.1) is 6.07 Å². The molecule has 0 unspecified atom stereocenters. The molecule has 0 aliphatic heterocycles. The topological polar surface area (TPSA) is 0 Å². The largest absolute Gasteiger partial charge is 0.417 e. The minimum Gasteiger partial charge on any atom is -0.166 e. The molecule has 1 radical (unpaired) electrons. The number of halogens is 3. The first-order valence-corrected chi connectivity index (χ1v) is 4.30. The van der Waals surface area contributed by atoms with Gasteiger partial charge in [0.25, 0.3) is 0 Å². The third-order valence-corrected chi connectivity index (χ3v) is 1.97. The Kier molecular flexibility index (Phi) is 2.61. The zero-order valence-corrected chi connectivity index (χ0v) is 8.37. The van der Waals surface area contributed by atoms with Crippen molar-refractivity contribution < 1.29 is 13.2 Å². The molecular formula is C11H12F3. The van der Waals surface area contributed by atoms with E-state index >= 15 is 0 Å². The summed E-state index contributed by atoms with van der Waals surface area (Å²) >= 11 is 0. The van der Waals surface area contributed by atoms with Gasteiger partial charge in [-0.2, -0.15) is 13.2 Å². The van der Waals surface area contributed by atoms with Crippen molar-refractivity contribution in [3.8, 4) is 0 Å². The molecule has 1 aromatic rings. The van der Waals surface area contributed by atoms with Crippen LogP contribution in [-0.2, 0) is 11.6 Å². The van der Waals surface area contributed by atoms with E-state index in [0.29, 0.717) is 5.56 Å². The average molecular weight is 201 g/mol. The zero-order valence-electron chi connectivity index (χ0n) is 8.37. The Morgan fingerprint density at radius 1 is 1.14 bits per heavy atom. The Bertz CT molecular complexity index is 289. The lowest BCUT2D eigenvalue weighted by Gasteiger charge is -2.20. The van der Waals surface area contributed by atoms with E-state index in [1.807, 2.05) is 20.8 Å². The lowest BCUT2D eigenvalue weighted by atomic mass is 9.86. The highest BCUT2D eigenvalue weighted by Crippen LogP contribution is 2.32. The van der Waals surface area contributed by atoms with Crippen molar-refractivity contribution in [2.24, 2.45) is 0 Å². The predicted octanol–water partition coefficient (Wildman–Crippen LogP) is 3.80. The third kappa shape index (κ3) is 2.50. The number of hydrogen-bond acceptors (Lipinski definition) is 0. The standard InChI is InChI=1S/C11H12F3/c1-10(2,3)8-5-4-6-9(7-8)11(12,13)14/h4-5,7H,1-3H3. The van der Waals surface area contributed by atoms with Gasteiger partial charge in [0, 0.05) is 0 Å². The van der Waals surface area contributed by atoms with E-state index in [2.05, 4.69) is 6.07 Å². The third-order valence-electron chi connectivity index (χ3n) is 1.97. The summed E-state index contributed by atoms with van der Waals surface area (Å²) in [5.41, 5.74) is -0.303. The van der Waals surface area contributed by atoms with Gasteiger partial charge < -0.3 is 0 Å². The molecular weight excluding hydrogens is 189 g/mol. The van der Waals surface area contributed by atoms with Crippen molar-refractivity contribution in [1.82, 2.24) is 0 Å². The smallest absolute Gasteiger partial charge is 0.166 e. The molecule has 1 rings (SSSR count). The molecule has 0 fully saturated rings. The van der Waals surface area contributed by atoms with Gasteiger partial charge in [-0.1, -0.05) is 32.9 Å². The summed E-state index contributed by atoms with van der Waals surface area (Å²) in [7, 11) is 0. The van der Waals surface area contributed by atoms with Crippen LogP contribution < -0.4 is 0 Å². The molecule has 0 aliphatic carbocycles. The molecule has 0 N–H and O–H groups in total. The van der Waals surface area contributed by atoms with Gasteiger partial charge in [0.1, 0.15) is 0 Å². The second kappa shape index (κ2) is 3.30. The fourth-order valence-electron chi connectivity index (χ4n) is 1.10. The van der Waals surface area contributed by atoms with Crippen LogP contribution in [0.2, 0.25) is 0 Å². The summed E-state index contributed by atoms with van der Waals surface area (Å²) in [6.07, 6.45) is -4.30. The van der Waals surface area contributed by atoms with Crippen molar-refractivity contribution in [2.75, 3.05) is 0 Å². The molecule has 1 aromatic carbocycles. The van der Waals surface area contributed by atoms with Gasteiger partial charge in [-0.15, -0.1) is 0 Å². The number of alkyl halides is 3. The highest BCUT2D eigenvalue weighted by molar-refractivity contribution is 5.29. The van der Waals surface area contributed by atoms with E-state index in [0.717, 1.165) is 6.07 Å². The Balaban J connectivity index is 3.15. The molecule has 14 heavy (non-hydrogen) atoms. The van der Waals surface area contributed by atoms with E-state index in [4.69, 9.17) is 0 Å². The maximum absolute atomic E-state index is 12.3. The molecule has 0 amide bonds. The summed E-state index contributed by atoms with van der Waals surface area (Å²) < 4.78 is 37.0. The molecule has 0 atom stereocenters. The normalized spacial score (nSPS) is 13.0. The van der Waals surface area contributed by atoms with Crippen LogP contribution >= 0.6 is 0 Å². The number of rotatable bonds is 0. The maximum Gasteiger partial charge on any atom is 0.417 e. The molecule has 3 heteroatoms. The van der Waals surface area contributed by atoms with Gasteiger partial charge in [-0.3, -0.25) is 0 Å². The lowest BCUT2D eigenvalue weighted by molar-refractivity contribution is -0.137. The summed E-state index contributed by atoms with van der Waals surface area (Å²) in [5.74, 6) is 0. The highest BCUT2D eigenvalue weighted by Gasteiger charge is 2.31. The molecule has 0 saturated heterocycles. The van der Waals surface area contributed by atoms with Crippen LogP contribution in [0.3, 0.4) is 0 Å². The monoisotopic (exact) mass is 201 g/mol. The van der Waals surface area contributed by atoms with Crippen LogP contribution in [0.5, 0.6) is 0 Å². The summed E-state index contributed by atoms with van der Waals surface area (Å²) in [5, 5.41) is 0. The van der Waals surface area contributed by atoms with Crippen LogP contribution in [0.25, 0.3) is 0 Å². The molecule has 0 spiro atoms. The van der Waals surface area contributed by atoms with Crippen LogP contribution in [0.1, 0.15) is 31.9 Å². The predicted molar refractivity (Wildman–Crippen MR) is 49.0 cm³/mol. The fourth-order valence-corrected chi connectivity index (χ4v) is 1.10. The van der Waals surface area contributed by atoms with E-state index < -0.39 is 11.7 Å². The first-order chi connectivity index (χ1) is 6.21. The van der Waals surface area contributed by atoms with Gasteiger partial charge in [0.15, 0.2) is 0 Å². The van der Waals surface area contributed by atoms with Crippen LogP contribution in [0.15, 0.2) is 18.2 Å². The molecule has 0 saturated carbocycles. The molecule has 0 nitrogen and oxygen atoms in total. The van der Waals surface area contributed by atoms with Crippen molar-refractivity contribution >= 4 is 0 Å². The van der Waals surface area contributed by atoms with Crippen LogP contribution in [-0.4, -0.2) is 0 Å². The van der Waals surface area contributed by atoms with Crippen molar-refractivity contribution in [3.63, 3.8) is 0 Å². The molecule has 77 valence electrons. The average Bonchev–Trinajstić information content (AvgIpc) is 2.01. The van der Waals surface area contributed by atoms with Gasteiger partial charge in [0.05, 0.1) is 5.56 Å². The summed E-state index contributed by atoms with van der Waals surface area (Å²) in [6, 6.07) is 6.33. The Morgan fingerprint density at radius 3 is 2.14 bits per heavy atom. The highest BCUT2D eigenvalue weighted by atomic mass is 19.4. The van der Waals surface area contributed by atoms with Gasteiger partial charge in [-0.25, -0.2) is 0 Å². The summed E-state index contributed by atoms with van der Waals surface area (Å²) in [4.78, 5) is 0. The summed E-state index contributed by atoms with van der Waals surface area (Å²) in [6.45, 7) is 5.63. The first kappa shape index (κ1) is 11.1. The van der Waals surface area contributed by atoms with E-state index in [1.54, 1.807) is 6.07 Å². The quantitative estimate of drug-likeness (QED) is 0.598. The van der Waals surface area contributed by atoms with Gasteiger partial charge >= 0.3 is 6.18 Å². The van der Waals surface area contributed by atoms with Gasteiger partial charge in [-0.05, 0) is 23.1 Å². The fraction of sp³-hybridized carbons (Fsp3) is 0.455. The van der Waals surface area contributed by atoms with Crippen molar-refractivity contribution in [3.05, 3.63) is 35.4 Å². The van der Waals surface area contributed by atoms with Crippen LogP contribution in [0.4, 0.5) is 13.2 Å². The Morgan fingerprint density at radius 2 is 1.71 bits per heavy atom. The number of hydrogen-bond donors (Lipinski definition) is 0. The Labute approximate surface area is 81.8 Å². The Hall–Kier alpha value is -0.990.